The summed E-state index contributed by atoms with van der Waals surface area (Å²) in [4.78, 5) is 11.3. The molecular weight excluding hydrogens is 155 g/mol. The van der Waals surface area contributed by atoms with E-state index in [1.54, 1.807) is 0 Å². The molecule has 0 amide bonds. The third kappa shape index (κ3) is 0.810. The zero-order valence-electron chi connectivity index (χ0n) is 7.69. The molecule has 1 nitrogen and oxygen atoms in total. The highest BCUT2D eigenvalue weighted by atomic mass is 19.1. The van der Waals surface area contributed by atoms with Crippen molar-refractivity contribution in [3.05, 3.63) is 0 Å². The third-order valence-electron chi connectivity index (χ3n) is 3.57. The average Bonchev–Trinajstić information content (AvgIpc) is 1.93. The Bertz CT molecular complexity index is 234. The van der Waals surface area contributed by atoms with E-state index in [1.165, 1.54) is 0 Å². The maximum Gasteiger partial charge on any atom is 0.172 e. The highest BCUT2D eigenvalue weighted by Crippen LogP contribution is 2.60. The Hall–Kier alpha value is -0.400. The Morgan fingerprint density at radius 3 is 2.67 bits per heavy atom. The van der Waals surface area contributed by atoms with Crippen molar-refractivity contribution in [1.29, 1.82) is 0 Å². The summed E-state index contributed by atoms with van der Waals surface area (Å²) < 4.78 is 13.9. The fourth-order valence-electron chi connectivity index (χ4n) is 2.98. The summed E-state index contributed by atoms with van der Waals surface area (Å²) in [5, 5.41) is 0. The van der Waals surface area contributed by atoms with E-state index in [0.717, 1.165) is 12.8 Å². The van der Waals surface area contributed by atoms with E-state index in [-0.39, 0.29) is 17.1 Å². The van der Waals surface area contributed by atoms with Gasteiger partial charge in [0.15, 0.2) is 11.5 Å². The van der Waals surface area contributed by atoms with Crippen LogP contribution in [0, 0.1) is 11.3 Å². The maximum atomic E-state index is 13.9. The van der Waals surface area contributed by atoms with Crippen molar-refractivity contribution in [3.63, 3.8) is 0 Å². The van der Waals surface area contributed by atoms with E-state index in [1.807, 2.05) is 0 Å². The summed E-state index contributed by atoms with van der Waals surface area (Å²) in [6.07, 6.45) is 2.69. The van der Waals surface area contributed by atoms with E-state index >= 15 is 0 Å². The van der Waals surface area contributed by atoms with E-state index in [0.29, 0.717) is 12.8 Å². The minimum Gasteiger partial charge on any atom is -0.296 e. The van der Waals surface area contributed by atoms with Gasteiger partial charge in [-0.25, -0.2) is 4.39 Å². The standard InChI is InChI=1S/C10H15FO/c1-9(2)6-10(11)7(9)4-3-5-8(10)12/h7H,3-6H2,1-2H3. The number of carbonyl (C=O) groups excluding carboxylic acids is 1. The second kappa shape index (κ2) is 2.09. The Balaban J connectivity index is 2.24. The number of rotatable bonds is 0. The number of Topliss-reactive ketones (excluding diaryl/α,β-unsaturated/α-hetero) is 1. The minimum atomic E-state index is -1.43. The van der Waals surface area contributed by atoms with Gasteiger partial charge in [0.1, 0.15) is 0 Å². The van der Waals surface area contributed by atoms with E-state index in [4.69, 9.17) is 0 Å². The van der Waals surface area contributed by atoms with Gasteiger partial charge >= 0.3 is 0 Å². The summed E-state index contributed by atoms with van der Waals surface area (Å²) in [7, 11) is 0. The van der Waals surface area contributed by atoms with Crippen LogP contribution < -0.4 is 0 Å². The molecule has 12 heavy (non-hydrogen) atoms. The van der Waals surface area contributed by atoms with Gasteiger partial charge in [-0.1, -0.05) is 13.8 Å². The molecule has 2 heteroatoms. The molecule has 0 aliphatic heterocycles. The first-order valence-electron chi connectivity index (χ1n) is 4.69. The first-order chi connectivity index (χ1) is 5.47. The van der Waals surface area contributed by atoms with Gasteiger partial charge in [0, 0.05) is 12.3 Å². The smallest absolute Gasteiger partial charge is 0.172 e. The van der Waals surface area contributed by atoms with Gasteiger partial charge in [0.25, 0.3) is 0 Å². The van der Waals surface area contributed by atoms with Crippen molar-refractivity contribution < 1.29 is 9.18 Å². The lowest BCUT2D eigenvalue weighted by molar-refractivity contribution is -0.174. The number of hydrogen-bond acceptors (Lipinski definition) is 1. The molecule has 2 atom stereocenters. The number of hydrogen-bond donors (Lipinski definition) is 0. The molecule has 0 bridgehead atoms. The highest BCUT2D eigenvalue weighted by Gasteiger charge is 2.64. The van der Waals surface area contributed by atoms with Crippen molar-refractivity contribution in [1.82, 2.24) is 0 Å². The Labute approximate surface area is 72.3 Å². The number of ketones is 1. The summed E-state index contributed by atoms with van der Waals surface area (Å²) in [6.45, 7) is 4.13. The number of carbonyl (C=O) groups is 1. The molecule has 2 saturated carbocycles. The van der Waals surface area contributed by atoms with Gasteiger partial charge in [0.05, 0.1) is 0 Å². The summed E-state index contributed by atoms with van der Waals surface area (Å²) >= 11 is 0. The van der Waals surface area contributed by atoms with E-state index in [9.17, 15) is 9.18 Å². The second-order valence-electron chi connectivity index (χ2n) is 4.90. The van der Waals surface area contributed by atoms with Crippen LogP contribution in [0.15, 0.2) is 0 Å². The molecule has 0 aromatic heterocycles. The van der Waals surface area contributed by atoms with Gasteiger partial charge in [-0.3, -0.25) is 4.79 Å². The second-order valence-corrected chi connectivity index (χ2v) is 4.90. The minimum absolute atomic E-state index is 0.00579. The molecule has 2 aliphatic rings. The molecule has 0 heterocycles. The molecule has 0 aromatic carbocycles. The zero-order valence-corrected chi connectivity index (χ0v) is 7.69. The maximum absolute atomic E-state index is 13.9. The van der Waals surface area contributed by atoms with Crippen molar-refractivity contribution in [2.75, 3.05) is 0 Å². The lowest BCUT2D eigenvalue weighted by atomic mass is 9.49. The first kappa shape index (κ1) is 8.21. The van der Waals surface area contributed by atoms with Crippen LogP contribution in [0.2, 0.25) is 0 Å². The molecule has 0 N–H and O–H groups in total. The number of fused-ring (bicyclic) bond motifs is 1. The van der Waals surface area contributed by atoms with Crippen LogP contribution in [0.25, 0.3) is 0 Å². The molecule has 0 spiro atoms. The van der Waals surface area contributed by atoms with Gasteiger partial charge in [-0.2, -0.15) is 0 Å². The van der Waals surface area contributed by atoms with E-state index in [2.05, 4.69) is 13.8 Å². The Morgan fingerprint density at radius 2 is 2.17 bits per heavy atom. The van der Waals surface area contributed by atoms with Crippen LogP contribution in [-0.2, 0) is 4.79 Å². The topological polar surface area (TPSA) is 17.1 Å². The molecular formula is C10H15FO. The fourth-order valence-corrected chi connectivity index (χ4v) is 2.98. The summed E-state index contributed by atoms with van der Waals surface area (Å²) in [6, 6.07) is 0. The first-order valence-corrected chi connectivity index (χ1v) is 4.69. The third-order valence-corrected chi connectivity index (χ3v) is 3.57. The van der Waals surface area contributed by atoms with Crippen molar-refractivity contribution in [3.8, 4) is 0 Å². The quantitative estimate of drug-likeness (QED) is 0.546. The molecule has 2 fully saturated rings. The molecule has 68 valence electrons. The normalized spacial score (nSPS) is 44.9. The van der Waals surface area contributed by atoms with Gasteiger partial charge in [0.2, 0.25) is 0 Å². The zero-order chi connectivity index (χ0) is 8.98. The van der Waals surface area contributed by atoms with Crippen LogP contribution >= 0.6 is 0 Å². The largest absolute Gasteiger partial charge is 0.296 e. The predicted octanol–water partition coefficient (Wildman–Crippen LogP) is 2.49. The Kier molecular flexibility index (Phi) is 1.43. The number of alkyl halides is 1. The molecule has 0 saturated heterocycles. The van der Waals surface area contributed by atoms with Crippen molar-refractivity contribution >= 4 is 5.78 Å². The SMILES string of the molecule is CC1(C)CC2(F)C(=O)CCCC12. The summed E-state index contributed by atoms with van der Waals surface area (Å²) in [5.74, 6) is -0.135. The molecule has 2 rings (SSSR count). The fraction of sp³-hybridized carbons (Fsp3) is 0.900. The number of halogens is 1. The monoisotopic (exact) mass is 170 g/mol. The van der Waals surface area contributed by atoms with Crippen LogP contribution in [0.4, 0.5) is 4.39 Å². The lowest BCUT2D eigenvalue weighted by Gasteiger charge is -2.57. The van der Waals surface area contributed by atoms with Crippen LogP contribution in [0.3, 0.4) is 0 Å². The molecule has 0 radical (unpaired) electrons. The van der Waals surface area contributed by atoms with Crippen LogP contribution in [0.1, 0.15) is 39.5 Å². The van der Waals surface area contributed by atoms with Crippen molar-refractivity contribution in [2.45, 2.75) is 45.2 Å². The van der Waals surface area contributed by atoms with Crippen molar-refractivity contribution in [2.24, 2.45) is 11.3 Å². The lowest BCUT2D eigenvalue weighted by Crippen LogP contribution is -2.62. The van der Waals surface area contributed by atoms with Gasteiger partial charge in [-0.15, -0.1) is 0 Å². The molecule has 2 aliphatic carbocycles. The Morgan fingerprint density at radius 1 is 1.50 bits per heavy atom. The van der Waals surface area contributed by atoms with Gasteiger partial charge < -0.3 is 0 Å². The molecule has 0 aromatic rings. The molecule has 2 unspecified atom stereocenters. The van der Waals surface area contributed by atoms with Crippen LogP contribution in [-0.4, -0.2) is 11.5 Å². The predicted molar refractivity (Wildman–Crippen MR) is 44.6 cm³/mol. The average molecular weight is 170 g/mol. The highest BCUT2D eigenvalue weighted by molar-refractivity contribution is 5.89. The summed E-state index contributed by atoms with van der Waals surface area (Å²) in [5.41, 5.74) is -1.37. The van der Waals surface area contributed by atoms with E-state index < -0.39 is 5.67 Å². The van der Waals surface area contributed by atoms with Gasteiger partial charge in [-0.05, 0) is 24.7 Å². The van der Waals surface area contributed by atoms with Crippen LogP contribution in [0.5, 0.6) is 0 Å².